The van der Waals surface area contributed by atoms with Gasteiger partial charge in [-0.05, 0) is 48.4 Å². The van der Waals surface area contributed by atoms with Gasteiger partial charge in [-0.3, -0.25) is 4.90 Å². The Morgan fingerprint density at radius 3 is 2.69 bits per heavy atom. The molecule has 1 aliphatic rings. The first kappa shape index (κ1) is 19.8. The van der Waals surface area contributed by atoms with E-state index in [1.807, 2.05) is 41.6 Å². The molecule has 2 heterocycles. The lowest BCUT2D eigenvalue weighted by atomic mass is 10.0. The maximum absolute atomic E-state index is 13.7. The first-order chi connectivity index (χ1) is 13.7. The molecule has 0 spiro atoms. The highest BCUT2D eigenvalue weighted by atomic mass is 19.4. The van der Waals surface area contributed by atoms with Crippen LogP contribution in [0.15, 0.2) is 42.7 Å². The van der Waals surface area contributed by atoms with Gasteiger partial charge in [-0.1, -0.05) is 6.07 Å². The number of ether oxygens (including phenoxy) is 1. The molecular weight excluding hydrogens is 386 g/mol. The minimum atomic E-state index is -4.57. The lowest BCUT2D eigenvalue weighted by molar-refractivity contribution is -0.137. The van der Waals surface area contributed by atoms with E-state index in [0.717, 1.165) is 28.7 Å². The summed E-state index contributed by atoms with van der Waals surface area (Å²) in [5.74, 6) is -0.880. The maximum atomic E-state index is 13.7. The zero-order chi connectivity index (χ0) is 20.8. The quantitative estimate of drug-likeness (QED) is 0.590. The Kier molecular flexibility index (Phi) is 5.08. The Labute approximate surface area is 165 Å². The lowest BCUT2D eigenvalue weighted by Gasteiger charge is -2.37. The Morgan fingerprint density at radius 1 is 1.14 bits per heavy atom. The van der Waals surface area contributed by atoms with Crippen LogP contribution in [0.2, 0.25) is 0 Å². The molecule has 1 saturated heterocycles. The monoisotopic (exact) mass is 407 g/mol. The van der Waals surface area contributed by atoms with E-state index in [1.54, 1.807) is 6.33 Å². The number of fused-ring (bicyclic) bond motifs is 1. The van der Waals surface area contributed by atoms with Crippen molar-refractivity contribution in [2.75, 3.05) is 13.1 Å². The predicted octanol–water partition coefficient (Wildman–Crippen LogP) is 4.69. The van der Waals surface area contributed by atoms with Crippen molar-refractivity contribution in [2.45, 2.75) is 31.9 Å². The number of benzene rings is 2. The van der Waals surface area contributed by atoms with Crippen LogP contribution in [0.25, 0.3) is 11.0 Å². The van der Waals surface area contributed by atoms with Crippen LogP contribution in [0.1, 0.15) is 29.7 Å². The molecule has 154 valence electrons. The Morgan fingerprint density at radius 2 is 1.93 bits per heavy atom. The van der Waals surface area contributed by atoms with Gasteiger partial charge in [0.2, 0.25) is 0 Å². The van der Waals surface area contributed by atoms with Crippen molar-refractivity contribution in [1.82, 2.24) is 14.5 Å². The number of morpholine rings is 1. The van der Waals surface area contributed by atoms with Crippen LogP contribution in [0.4, 0.5) is 17.6 Å². The minimum absolute atomic E-state index is 0.105. The molecule has 0 amide bonds. The second kappa shape index (κ2) is 7.42. The summed E-state index contributed by atoms with van der Waals surface area (Å²) >= 11 is 0. The van der Waals surface area contributed by atoms with Crippen molar-refractivity contribution in [3.63, 3.8) is 0 Å². The molecule has 2 aromatic carbocycles. The molecule has 0 N–H and O–H groups in total. The van der Waals surface area contributed by atoms with Crippen molar-refractivity contribution in [1.29, 1.82) is 0 Å². The van der Waals surface area contributed by atoms with Crippen LogP contribution >= 0.6 is 0 Å². The number of hydrogen-bond donors (Lipinski definition) is 0. The van der Waals surface area contributed by atoms with Gasteiger partial charge in [0.25, 0.3) is 0 Å². The summed E-state index contributed by atoms with van der Waals surface area (Å²) in [5.41, 5.74) is 2.18. The molecule has 0 saturated carbocycles. The largest absolute Gasteiger partial charge is 0.416 e. The van der Waals surface area contributed by atoms with Gasteiger partial charge in [0.1, 0.15) is 5.82 Å². The highest BCUT2D eigenvalue weighted by Gasteiger charge is 2.32. The normalized spacial score (nSPS) is 21.0. The molecule has 29 heavy (non-hydrogen) atoms. The van der Waals surface area contributed by atoms with E-state index in [4.69, 9.17) is 4.74 Å². The third kappa shape index (κ3) is 4.28. The molecule has 4 nitrogen and oxygen atoms in total. The average molecular weight is 407 g/mol. The number of aromatic nitrogens is 2. The Bertz CT molecular complexity index is 1030. The van der Waals surface area contributed by atoms with Crippen LogP contribution in [0, 0.1) is 5.82 Å². The van der Waals surface area contributed by atoms with E-state index in [0.29, 0.717) is 24.7 Å². The smallest absolute Gasteiger partial charge is 0.368 e. The van der Waals surface area contributed by atoms with Gasteiger partial charge in [-0.2, -0.15) is 13.2 Å². The fourth-order valence-corrected chi connectivity index (χ4v) is 3.86. The van der Waals surface area contributed by atoms with E-state index >= 15 is 0 Å². The molecule has 2 atom stereocenters. The summed E-state index contributed by atoms with van der Waals surface area (Å²) in [6.07, 6.45) is -3.16. The van der Waals surface area contributed by atoms with E-state index < -0.39 is 17.6 Å². The fourth-order valence-electron chi connectivity index (χ4n) is 3.86. The number of nitrogens with zero attached hydrogens (tertiary/aromatic N) is 3. The standard InChI is InChI=1S/C21H21F4N3O/c1-13-9-28(10-14-5-16(21(23,24)25)8-17(22)6-14)11-20(29-13)15-3-4-18-19(7-15)27(2)12-26-18/h3-8,12-13,20H,9-11H2,1-2H3. The summed E-state index contributed by atoms with van der Waals surface area (Å²) in [4.78, 5) is 6.31. The number of hydrogen-bond acceptors (Lipinski definition) is 3. The van der Waals surface area contributed by atoms with Gasteiger partial charge in [0.05, 0.1) is 35.1 Å². The summed E-state index contributed by atoms with van der Waals surface area (Å²) in [7, 11) is 1.91. The molecule has 0 aliphatic carbocycles. The van der Waals surface area contributed by atoms with Crippen molar-refractivity contribution in [3.8, 4) is 0 Å². The average Bonchev–Trinajstić information content (AvgIpc) is 3.00. The van der Waals surface area contributed by atoms with Crippen LogP contribution < -0.4 is 0 Å². The SMILES string of the molecule is CC1CN(Cc2cc(F)cc(C(F)(F)F)c2)CC(c2ccc3ncn(C)c3c2)O1. The van der Waals surface area contributed by atoms with Gasteiger partial charge < -0.3 is 9.30 Å². The molecule has 0 bridgehead atoms. The number of rotatable bonds is 3. The lowest BCUT2D eigenvalue weighted by Crippen LogP contribution is -2.42. The first-order valence-electron chi connectivity index (χ1n) is 9.34. The van der Waals surface area contributed by atoms with Gasteiger partial charge in [0.15, 0.2) is 0 Å². The van der Waals surface area contributed by atoms with Crippen molar-refractivity contribution < 1.29 is 22.3 Å². The molecule has 1 aliphatic heterocycles. The third-order valence-electron chi connectivity index (χ3n) is 5.15. The molecule has 1 aromatic heterocycles. The summed E-state index contributed by atoms with van der Waals surface area (Å²) < 4.78 is 60.7. The van der Waals surface area contributed by atoms with Crippen LogP contribution in [-0.4, -0.2) is 33.6 Å². The van der Waals surface area contributed by atoms with Crippen LogP contribution in [-0.2, 0) is 24.5 Å². The second-order valence-electron chi connectivity index (χ2n) is 7.58. The zero-order valence-electron chi connectivity index (χ0n) is 16.1. The van der Waals surface area contributed by atoms with Gasteiger partial charge in [-0.15, -0.1) is 0 Å². The van der Waals surface area contributed by atoms with Gasteiger partial charge >= 0.3 is 6.18 Å². The molecular formula is C21H21F4N3O. The zero-order valence-corrected chi connectivity index (χ0v) is 16.1. The molecule has 0 radical (unpaired) electrons. The Balaban J connectivity index is 1.56. The van der Waals surface area contributed by atoms with E-state index in [9.17, 15) is 17.6 Å². The topological polar surface area (TPSA) is 30.3 Å². The molecule has 2 unspecified atom stereocenters. The maximum Gasteiger partial charge on any atom is 0.416 e. The fraction of sp³-hybridized carbons (Fsp3) is 0.381. The third-order valence-corrected chi connectivity index (χ3v) is 5.15. The van der Waals surface area contributed by atoms with Crippen LogP contribution in [0.3, 0.4) is 0 Å². The number of alkyl halides is 3. The highest BCUT2D eigenvalue weighted by molar-refractivity contribution is 5.76. The summed E-state index contributed by atoms with van der Waals surface area (Å²) in [6.45, 7) is 3.21. The highest BCUT2D eigenvalue weighted by Crippen LogP contribution is 2.32. The molecule has 1 fully saturated rings. The minimum Gasteiger partial charge on any atom is -0.368 e. The van der Waals surface area contributed by atoms with E-state index in [-0.39, 0.29) is 18.8 Å². The summed E-state index contributed by atoms with van der Waals surface area (Å²) in [6, 6.07) is 8.61. The van der Waals surface area contributed by atoms with Crippen LogP contribution in [0.5, 0.6) is 0 Å². The number of imidazole rings is 1. The van der Waals surface area contributed by atoms with Crippen molar-refractivity contribution in [3.05, 3.63) is 65.2 Å². The molecule has 8 heteroatoms. The molecule has 4 rings (SSSR count). The first-order valence-corrected chi connectivity index (χ1v) is 9.34. The van der Waals surface area contributed by atoms with Crippen molar-refractivity contribution >= 4 is 11.0 Å². The number of aryl methyl sites for hydroxylation is 1. The van der Waals surface area contributed by atoms with E-state index in [2.05, 4.69) is 4.98 Å². The van der Waals surface area contributed by atoms with Crippen molar-refractivity contribution in [2.24, 2.45) is 7.05 Å². The predicted molar refractivity (Wildman–Crippen MR) is 101 cm³/mol. The van der Waals surface area contributed by atoms with Gasteiger partial charge in [0, 0.05) is 26.7 Å². The summed E-state index contributed by atoms with van der Waals surface area (Å²) in [5, 5.41) is 0. The molecule has 3 aromatic rings. The Hall–Kier alpha value is -2.45. The number of halogens is 4. The van der Waals surface area contributed by atoms with Gasteiger partial charge in [-0.25, -0.2) is 9.37 Å². The van der Waals surface area contributed by atoms with E-state index in [1.165, 1.54) is 0 Å². The second-order valence-corrected chi connectivity index (χ2v) is 7.58.